The zero-order valence-electron chi connectivity index (χ0n) is 37.0. The number of ketones is 3. The minimum Gasteiger partial charge on any atom is -0.462 e. The summed E-state index contributed by atoms with van der Waals surface area (Å²) in [5.41, 5.74) is -1.34. The van der Waals surface area contributed by atoms with Gasteiger partial charge in [0.1, 0.15) is 29.0 Å². The second kappa shape index (κ2) is 18.9. The molecule has 2 aliphatic carbocycles. The summed E-state index contributed by atoms with van der Waals surface area (Å²) in [6.45, 7) is 12.5. The van der Waals surface area contributed by atoms with Crippen LogP contribution in [-0.4, -0.2) is 102 Å². The number of ether oxygens (including phenoxy) is 5. The lowest BCUT2D eigenvalue weighted by Crippen LogP contribution is -2.46. The smallest absolute Gasteiger partial charge is 0.314 e. The third-order valence-electron chi connectivity index (χ3n) is 12.5. The van der Waals surface area contributed by atoms with E-state index in [1.54, 1.807) is 39.8 Å². The third-order valence-corrected chi connectivity index (χ3v) is 12.5. The van der Waals surface area contributed by atoms with Crippen molar-refractivity contribution in [2.24, 2.45) is 29.6 Å². The van der Waals surface area contributed by atoms with Crippen LogP contribution in [0.1, 0.15) is 117 Å². The number of hydrogen-bond donors (Lipinski definition) is 3. The molecule has 1 amide bonds. The molecule has 1 aromatic carbocycles. The van der Waals surface area contributed by atoms with Crippen molar-refractivity contribution in [3.05, 3.63) is 69.8 Å². The van der Waals surface area contributed by atoms with E-state index in [0.29, 0.717) is 12.8 Å². The van der Waals surface area contributed by atoms with Crippen LogP contribution < -0.4 is 14.8 Å². The zero-order valence-corrected chi connectivity index (χ0v) is 37.0. The summed E-state index contributed by atoms with van der Waals surface area (Å²) in [5, 5.41) is 25.5. The standard InChI is InChI=1S/C46H60N2O13/c1-22-16-15-17-23(2)44(55)47-34-35(48(9)10)39(53)31-32(38(34)52)41(60-45(56)29-18-13-12-14-19-29)27(6)42-33(31)43(54)46(8,61-42)58-21-20-30(57-11)24(3)40(59-28(7)49)26(5)37(51)25(4)36(22)50/h15-17,20-22,24-26,29-30,36-37,40,50-51H,12-14,18-19H2,1-11H3,(H,47,55)/t22-,24+,25+,26-,30-,36-,37-,40+,46-/m0/s1. The molecule has 15 nitrogen and oxygen atoms in total. The Hall–Kier alpha value is -5.12. The number of esters is 2. The molecular weight excluding hydrogens is 789 g/mol. The van der Waals surface area contributed by atoms with Crippen LogP contribution in [0.4, 0.5) is 0 Å². The van der Waals surface area contributed by atoms with Gasteiger partial charge in [-0.1, -0.05) is 65.2 Å². The fourth-order valence-electron chi connectivity index (χ4n) is 8.74. The molecule has 0 spiro atoms. The average Bonchev–Trinajstić information content (AvgIpc) is 3.48. The largest absolute Gasteiger partial charge is 0.462 e. The van der Waals surface area contributed by atoms with Gasteiger partial charge in [0, 0.05) is 69.9 Å². The Bertz CT molecular complexity index is 2080. The summed E-state index contributed by atoms with van der Waals surface area (Å²) >= 11 is 0. The van der Waals surface area contributed by atoms with Crippen LogP contribution in [-0.2, 0) is 28.6 Å². The fourth-order valence-corrected chi connectivity index (χ4v) is 8.74. The van der Waals surface area contributed by atoms with Crippen molar-refractivity contribution in [2.45, 2.75) is 118 Å². The van der Waals surface area contributed by atoms with E-state index in [-0.39, 0.29) is 50.7 Å². The topological polar surface area (TPSA) is 204 Å². The maximum atomic E-state index is 14.8. The summed E-state index contributed by atoms with van der Waals surface area (Å²) in [4.78, 5) is 85.5. The highest BCUT2D eigenvalue weighted by Crippen LogP contribution is 2.49. The Morgan fingerprint density at radius 3 is 2.15 bits per heavy atom. The van der Waals surface area contributed by atoms with Gasteiger partial charge in [0.15, 0.2) is 0 Å². The molecule has 0 saturated heterocycles. The maximum absolute atomic E-state index is 14.8. The molecular formula is C46H60N2O13. The number of aliphatic hydroxyl groups excluding tert-OH is 2. The molecule has 6 rings (SSSR count). The molecule has 0 radical (unpaired) electrons. The predicted octanol–water partition coefficient (Wildman–Crippen LogP) is 5.30. The number of amides is 1. The Balaban J connectivity index is 1.70. The molecule has 61 heavy (non-hydrogen) atoms. The van der Waals surface area contributed by atoms with Crippen molar-refractivity contribution in [1.29, 1.82) is 0 Å². The van der Waals surface area contributed by atoms with E-state index in [0.717, 1.165) is 19.3 Å². The molecule has 5 bridgehead atoms. The van der Waals surface area contributed by atoms with Gasteiger partial charge in [-0.15, -0.1) is 0 Å². The van der Waals surface area contributed by atoms with Crippen molar-refractivity contribution < 1.29 is 62.7 Å². The molecule has 3 heterocycles. The number of rotatable bonds is 5. The Morgan fingerprint density at radius 2 is 1.54 bits per heavy atom. The molecule has 3 aliphatic heterocycles. The predicted molar refractivity (Wildman–Crippen MR) is 222 cm³/mol. The monoisotopic (exact) mass is 848 g/mol. The van der Waals surface area contributed by atoms with Gasteiger partial charge in [-0.25, -0.2) is 0 Å². The summed E-state index contributed by atoms with van der Waals surface area (Å²) in [6.07, 6.45) is 7.18. The van der Waals surface area contributed by atoms with Gasteiger partial charge in [-0.2, -0.15) is 0 Å². The Labute approximate surface area is 357 Å². The SMILES string of the molecule is CO[C@H]1C=CO[C@@]2(C)Oc3c(C)c(OC(=O)C4CCCCC4)c4c(c3C2=O)C(=O)C(N(C)C)=C(NC(=O)C(C)=CC=C[C@H](C)[C@H](O)[C@@H](C)[C@H](O)[C@H](C)[C@H](OC(C)=O)[C@@H]1C)C4=O. The van der Waals surface area contributed by atoms with Crippen LogP contribution in [0, 0.1) is 36.5 Å². The van der Waals surface area contributed by atoms with E-state index in [1.807, 2.05) is 0 Å². The number of methoxy groups -OCH3 is 1. The number of nitrogens with one attached hydrogen (secondary N) is 1. The maximum Gasteiger partial charge on any atom is 0.314 e. The molecule has 1 fully saturated rings. The molecule has 1 saturated carbocycles. The molecule has 0 unspecified atom stereocenters. The van der Waals surface area contributed by atoms with Crippen molar-refractivity contribution in [3.63, 3.8) is 0 Å². The molecule has 3 N–H and O–H groups in total. The van der Waals surface area contributed by atoms with Gasteiger partial charge in [0.05, 0.1) is 47.2 Å². The second-order valence-corrected chi connectivity index (χ2v) is 17.1. The number of allylic oxidation sites excluding steroid dienone is 4. The highest BCUT2D eigenvalue weighted by atomic mass is 16.7. The van der Waals surface area contributed by atoms with Crippen molar-refractivity contribution in [1.82, 2.24) is 10.2 Å². The minimum atomic E-state index is -2.10. The van der Waals surface area contributed by atoms with Gasteiger partial charge < -0.3 is 44.1 Å². The van der Waals surface area contributed by atoms with Crippen LogP contribution in [0.2, 0.25) is 0 Å². The number of likely N-dealkylation sites (N-methyl/N-ethyl adjacent to an activating group) is 1. The summed E-state index contributed by atoms with van der Waals surface area (Å²) in [7, 11) is 4.45. The molecule has 9 atom stereocenters. The van der Waals surface area contributed by atoms with Crippen LogP contribution in [0.5, 0.6) is 11.5 Å². The van der Waals surface area contributed by atoms with Gasteiger partial charge >= 0.3 is 17.7 Å². The first-order chi connectivity index (χ1) is 28.7. The number of aliphatic hydroxyl groups is 2. The molecule has 332 valence electrons. The van der Waals surface area contributed by atoms with Crippen molar-refractivity contribution >= 4 is 35.2 Å². The van der Waals surface area contributed by atoms with E-state index < -0.39 is 95.0 Å². The number of carbonyl (C=O) groups excluding carboxylic acids is 6. The quantitative estimate of drug-likeness (QED) is 0.254. The minimum absolute atomic E-state index is 0.0973. The zero-order chi connectivity index (χ0) is 45.2. The summed E-state index contributed by atoms with van der Waals surface area (Å²) in [5.74, 6) is -9.87. The van der Waals surface area contributed by atoms with Gasteiger partial charge in [-0.05, 0) is 32.8 Å². The number of carbonyl (C=O) groups is 6. The lowest BCUT2D eigenvalue weighted by atomic mass is 9.78. The van der Waals surface area contributed by atoms with E-state index in [2.05, 4.69) is 5.32 Å². The van der Waals surface area contributed by atoms with Crippen molar-refractivity contribution in [3.8, 4) is 11.5 Å². The number of nitrogens with zero attached hydrogens (tertiary/aromatic N) is 1. The summed E-state index contributed by atoms with van der Waals surface area (Å²) in [6, 6.07) is 0. The number of Topliss-reactive ketones (excluding diaryl/α,β-unsaturated/α-hetero) is 3. The highest BCUT2D eigenvalue weighted by molar-refractivity contribution is 6.32. The fraction of sp³-hybridized carbons (Fsp3) is 0.565. The normalized spacial score (nSPS) is 30.3. The third kappa shape index (κ3) is 9.24. The second-order valence-electron chi connectivity index (χ2n) is 17.1. The lowest BCUT2D eigenvalue weighted by molar-refractivity contribution is -0.160. The lowest BCUT2D eigenvalue weighted by Gasteiger charge is -2.38. The molecule has 5 aliphatic rings. The molecule has 15 heteroatoms. The first-order valence-electron chi connectivity index (χ1n) is 20.9. The van der Waals surface area contributed by atoms with Gasteiger partial charge in [-0.3, -0.25) is 28.8 Å². The number of benzene rings is 1. The molecule has 0 aromatic heterocycles. The van der Waals surface area contributed by atoms with Crippen molar-refractivity contribution in [2.75, 3.05) is 21.2 Å². The number of hydrogen-bond acceptors (Lipinski definition) is 14. The summed E-state index contributed by atoms with van der Waals surface area (Å²) < 4.78 is 29.9. The highest BCUT2D eigenvalue weighted by Gasteiger charge is 2.53. The van der Waals surface area contributed by atoms with Crippen LogP contribution in [0.15, 0.2) is 47.5 Å². The first-order valence-corrected chi connectivity index (χ1v) is 20.9. The van der Waals surface area contributed by atoms with Gasteiger partial charge in [0.25, 0.3) is 11.7 Å². The van der Waals surface area contributed by atoms with E-state index in [4.69, 9.17) is 23.7 Å². The van der Waals surface area contributed by atoms with E-state index >= 15 is 0 Å². The van der Waals surface area contributed by atoms with Crippen LogP contribution in [0.3, 0.4) is 0 Å². The van der Waals surface area contributed by atoms with Crippen LogP contribution >= 0.6 is 0 Å². The number of fused-ring (bicyclic) bond motifs is 14. The molecule has 1 aromatic rings. The Kier molecular flexibility index (Phi) is 14.5. The van der Waals surface area contributed by atoms with Crippen LogP contribution in [0.25, 0.3) is 0 Å². The average molecular weight is 849 g/mol. The van der Waals surface area contributed by atoms with E-state index in [9.17, 15) is 39.0 Å². The van der Waals surface area contributed by atoms with Gasteiger partial charge in [0.2, 0.25) is 11.6 Å². The van der Waals surface area contributed by atoms with E-state index in [1.165, 1.54) is 72.2 Å². The first kappa shape index (κ1) is 46.9. The Morgan fingerprint density at radius 1 is 0.885 bits per heavy atom.